The molecule has 0 aromatic carbocycles. The lowest BCUT2D eigenvalue weighted by atomic mass is 9.85. The molecule has 0 spiro atoms. The quantitative estimate of drug-likeness (QED) is 0.780. The van der Waals surface area contributed by atoms with Gasteiger partial charge in [0.2, 0.25) is 0 Å². The SMILES string of the molecule is CCOC(=O)c1c(NC(=O)[C@H](C)OC(C)=O)sc2c1CCC(CC)C2. The number of rotatable bonds is 6. The Morgan fingerprint density at radius 2 is 2.04 bits per heavy atom. The largest absolute Gasteiger partial charge is 0.462 e. The fourth-order valence-corrected chi connectivity index (χ4v) is 4.38. The molecule has 25 heavy (non-hydrogen) atoms. The highest BCUT2D eigenvalue weighted by molar-refractivity contribution is 7.17. The summed E-state index contributed by atoms with van der Waals surface area (Å²) in [5, 5.41) is 3.24. The molecule has 0 fully saturated rings. The zero-order valence-corrected chi connectivity index (χ0v) is 16.0. The molecule has 0 saturated carbocycles. The van der Waals surface area contributed by atoms with E-state index in [0.29, 0.717) is 16.5 Å². The van der Waals surface area contributed by atoms with Gasteiger partial charge in [-0.05, 0) is 44.6 Å². The van der Waals surface area contributed by atoms with Crippen LogP contribution in [0.25, 0.3) is 0 Å². The van der Waals surface area contributed by atoms with Crippen LogP contribution in [0.5, 0.6) is 0 Å². The number of hydrogen-bond acceptors (Lipinski definition) is 6. The summed E-state index contributed by atoms with van der Waals surface area (Å²) in [6.45, 7) is 6.95. The first kappa shape index (κ1) is 19.4. The highest BCUT2D eigenvalue weighted by atomic mass is 32.1. The molecule has 0 aliphatic heterocycles. The van der Waals surface area contributed by atoms with Crippen molar-refractivity contribution in [3.8, 4) is 0 Å². The Labute approximate surface area is 151 Å². The number of thiophene rings is 1. The number of hydrogen-bond donors (Lipinski definition) is 1. The molecule has 1 aromatic heterocycles. The smallest absolute Gasteiger partial charge is 0.341 e. The molecule has 6 nitrogen and oxygen atoms in total. The number of nitrogens with one attached hydrogen (secondary N) is 1. The van der Waals surface area contributed by atoms with E-state index in [4.69, 9.17) is 9.47 Å². The van der Waals surface area contributed by atoms with Crippen molar-refractivity contribution in [3.63, 3.8) is 0 Å². The molecule has 2 atom stereocenters. The van der Waals surface area contributed by atoms with Crippen molar-refractivity contribution in [3.05, 3.63) is 16.0 Å². The molecule has 1 N–H and O–H groups in total. The van der Waals surface area contributed by atoms with E-state index in [-0.39, 0.29) is 6.61 Å². The lowest BCUT2D eigenvalue weighted by molar-refractivity contribution is -0.150. The zero-order valence-electron chi connectivity index (χ0n) is 15.1. The molecule has 1 unspecified atom stereocenters. The molecule has 2 rings (SSSR count). The third-order valence-electron chi connectivity index (χ3n) is 4.37. The molecular weight excluding hydrogens is 342 g/mol. The van der Waals surface area contributed by atoms with Gasteiger partial charge in [0, 0.05) is 11.8 Å². The first-order valence-electron chi connectivity index (χ1n) is 8.67. The summed E-state index contributed by atoms with van der Waals surface area (Å²) in [7, 11) is 0. The van der Waals surface area contributed by atoms with Gasteiger partial charge in [-0.3, -0.25) is 9.59 Å². The van der Waals surface area contributed by atoms with Crippen LogP contribution in [0.2, 0.25) is 0 Å². The van der Waals surface area contributed by atoms with E-state index >= 15 is 0 Å². The molecule has 1 aliphatic carbocycles. The summed E-state index contributed by atoms with van der Waals surface area (Å²) in [6, 6.07) is 0. The van der Waals surface area contributed by atoms with Crippen molar-refractivity contribution in [1.82, 2.24) is 0 Å². The number of amides is 1. The molecule has 1 aromatic rings. The topological polar surface area (TPSA) is 81.7 Å². The Morgan fingerprint density at radius 1 is 1.32 bits per heavy atom. The van der Waals surface area contributed by atoms with E-state index in [9.17, 15) is 14.4 Å². The van der Waals surface area contributed by atoms with Crippen LogP contribution in [0.4, 0.5) is 5.00 Å². The molecule has 138 valence electrons. The number of ether oxygens (including phenoxy) is 2. The average Bonchev–Trinajstić information content (AvgIpc) is 2.91. The second-order valence-electron chi connectivity index (χ2n) is 6.19. The van der Waals surface area contributed by atoms with Crippen LogP contribution in [-0.2, 0) is 31.9 Å². The Morgan fingerprint density at radius 3 is 2.64 bits per heavy atom. The number of esters is 2. The summed E-state index contributed by atoms with van der Waals surface area (Å²) in [4.78, 5) is 36.9. The minimum absolute atomic E-state index is 0.276. The van der Waals surface area contributed by atoms with E-state index in [1.807, 2.05) is 0 Å². The van der Waals surface area contributed by atoms with Crippen LogP contribution in [0.15, 0.2) is 0 Å². The minimum Gasteiger partial charge on any atom is -0.462 e. The van der Waals surface area contributed by atoms with E-state index in [2.05, 4.69) is 12.2 Å². The first-order chi connectivity index (χ1) is 11.9. The maximum atomic E-state index is 12.4. The van der Waals surface area contributed by atoms with Crippen LogP contribution in [0.1, 0.15) is 61.3 Å². The van der Waals surface area contributed by atoms with Gasteiger partial charge in [-0.1, -0.05) is 13.3 Å². The van der Waals surface area contributed by atoms with Crippen LogP contribution in [-0.4, -0.2) is 30.6 Å². The summed E-state index contributed by atoms with van der Waals surface area (Å²) >= 11 is 1.43. The van der Waals surface area contributed by atoms with Gasteiger partial charge in [0.15, 0.2) is 6.10 Å². The monoisotopic (exact) mass is 367 g/mol. The third kappa shape index (κ3) is 4.60. The van der Waals surface area contributed by atoms with Gasteiger partial charge in [-0.25, -0.2) is 4.79 Å². The summed E-state index contributed by atoms with van der Waals surface area (Å²) in [6.07, 6.45) is 2.93. The van der Waals surface area contributed by atoms with Crippen molar-refractivity contribution >= 4 is 34.2 Å². The van der Waals surface area contributed by atoms with E-state index < -0.39 is 23.9 Å². The van der Waals surface area contributed by atoms with Crippen LogP contribution in [0, 0.1) is 5.92 Å². The number of fused-ring (bicyclic) bond motifs is 1. The normalized spacial score (nSPS) is 17.4. The molecular formula is C18H25NO5S. The first-order valence-corrected chi connectivity index (χ1v) is 9.48. The van der Waals surface area contributed by atoms with Gasteiger partial charge in [-0.15, -0.1) is 11.3 Å². The fraction of sp³-hybridized carbons (Fsp3) is 0.611. The highest BCUT2D eigenvalue weighted by Gasteiger charge is 2.30. The number of carbonyl (C=O) groups is 3. The van der Waals surface area contributed by atoms with Crippen LogP contribution in [0.3, 0.4) is 0 Å². The summed E-state index contributed by atoms with van der Waals surface area (Å²) < 4.78 is 10.1. The van der Waals surface area contributed by atoms with Gasteiger partial charge in [0.1, 0.15) is 5.00 Å². The zero-order chi connectivity index (χ0) is 18.6. The number of carbonyl (C=O) groups excluding carboxylic acids is 3. The third-order valence-corrected chi connectivity index (χ3v) is 5.54. The fourth-order valence-electron chi connectivity index (χ4n) is 3.03. The van der Waals surface area contributed by atoms with E-state index in [0.717, 1.165) is 36.1 Å². The molecule has 0 radical (unpaired) electrons. The Bertz CT molecular complexity index is 667. The molecule has 1 heterocycles. The van der Waals surface area contributed by atoms with Gasteiger partial charge in [0.25, 0.3) is 5.91 Å². The van der Waals surface area contributed by atoms with E-state index in [1.165, 1.54) is 25.2 Å². The molecule has 0 bridgehead atoms. The second kappa shape index (κ2) is 8.47. The standard InChI is InChI=1S/C18H25NO5S/c1-5-12-7-8-13-14(9-12)25-17(15(13)18(22)23-6-2)19-16(21)10(3)24-11(4)20/h10,12H,5-9H2,1-4H3,(H,19,21)/t10-,12?/m0/s1. The highest BCUT2D eigenvalue weighted by Crippen LogP contribution is 2.40. The maximum absolute atomic E-state index is 12.4. The van der Waals surface area contributed by atoms with Crippen molar-refractivity contribution < 1.29 is 23.9 Å². The lowest BCUT2D eigenvalue weighted by Crippen LogP contribution is -2.29. The van der Waals surface area contributed by atoms with E-state index in [1.54, 1.807) is 6.92 Å². The predicted octanol–water partition coefficient (Wildman–Crippen LogP) is 3.33. The molecule has 7 heteroatoms. The lowest BCUT2D eigenvalue weighted by Gasteiger charge is -2.21. The Hall–Kier alpha value is -1.89. The van der Waals surface area contributed by atoms with Crippen molar-refractivity contribution in [2.75, 3.05) is 11.9 Å². The maximum Gasteiger partial charge on any atom is 0.341 e. The predicted molar refractivity (Wildman–Crippen MR) is 95.9 cm³/mol. The van der Waals surface area contributed by atoms with Crippen molar-refractivity contribution in [2.24, 2.45) is 5.92 Å². The van der Waals surface area contributed by atoms with Crippen LogP contribution >= 0.6 is 11.3 Å². The summed E-state index contributed by atoms with van der Waals surface area (Å²) in [5.41, 5.74) is 1.45. The van der Waals surface area contributed by atoms with Gasteiger partial charge in [0.05, 0.1) is 12.2 Å². The Balaban J connectivity index is 2.30. The molecule has 1 amide bonds. The van der Waals surface area contributed by atoms with Gasteiger partial charge in [-0.2, -0.15) is 0 Å². The Kier molecular flexibility index (Phi) is 6.58. The summed E-state index contributed by atoms with van der Waals surface area (Å²) in [5.74, 6) is -0.786. The molecule has 1 aliphatic rings. The van der Waals surface area contributed by atoms with Crippen molar-refractivity contribution in [1.29, 1.82) is 0 Å². The molecule has 0 saturated heterocycles. The van der Waals surface area contributed by atoms with Crippen LogP contribution < -0.4 is 5.32 Å². The van der Waals surface area contributed by atoms with Crippen molar-refractivity contribution in [2.45, 2.75) is 59.5 Å². The number of anilines is 1. The second-order valence-corrected chi connectivity index (χ2v) is 7.29. The van der Waals surface area contributed by atoms with Gasteiger partial charge >= 0.3 is 11.9 Å². The average molecular weight is 367 g/mol. The van der Waals surface area contributed by atoms with Gasteiger partial charge < -0.3 is 14.8 Å². The minimum atomic E-state index is -0.921.